The lowest BCUT2D eigenvalue weighted by Gasteiger charge is -2.32. The first kappa shape index (κ1) is 23.9. The molecule has 1 N–H and O–H groups in total. The number of rotatable bonds is 7. The summed E-state index contributed by atoms with van der Waals surface area (Å²) in [5, 5.41) is 14.0. The van der Waals surface area contributed by atoms with Crippen LogP contribution in [0.5, 0.6) is 0 Å². The lowest BCUT2D eigenvalue weighted by atomic mass is 9.77. The number of nitrogens with zero attached hydrogens (tertiary/aromatic N) is 2. The standard InChI is InChI=1S/C21H32BFN2O5Si/c1-13-11-14(22-29-20(2,3)21(4,5)30-22)16(23)18-15(13)17(19(26)27)24-25(18)12-28-9-10-31(6,7)8/h11H,9-10,12H2,1-8H3,(H,26,27). The number of ether oxygens (including phenoxy) is 1. The van der Waals surface area contributed by atoms with Crippen molar-refractivity contribution in [2.24, 2.45) is 0 Å². The minimum atomic E-state index is -1.29. The monoisotopic (exact) mass is 450 g/mol. The van der Waals surface area contributed by atoms with E-state index in [0.29, 0.717) is 12.2 Å². The molecule has 2 aromatic rings. The maximum absolute atomic E-state index is 15.8. The number of carboxylic acids is 1. The van der Waals surface area contributed by atoms with Gasteiger partial charge < -0.3 is 19.2 Å². The summed E-state index contributed by atoms with van der Waals surface area (Å²) in [5.74, 6) is -1.82. The summed E-state index contributed by atoms with van der Waals surface area (Å²) < 4.78 is 34.9. The highest BCUT2D eigenvalue weighted by molar-refractivity contribution is 6.76. The van der Waals surface area contributed by atoms with E-state index in [1.165, 1.54) is 4.68 Å². The molecule has 7 nitrogen and oxygen atoms in total. The molecular formula is C21H32BFN2O5Si. The second-order valence-electron chi connectivity index (χ2n) is 10.4. The average Bonchev–Trinajstić information content (AvgIpc) is 3.09. The lowest BCUT2D eigenvalue weighted by Crippen LogP contribution is -2.41. The van der Waals surface area contributed by atoms with E-state index in [1.54, 1.807) is 13.0 Å². The Labute approximate surface area is 184 Å². The first-order valence-electron chi connectivity index (χ1n) is 10.5. The summed E-state index contributed by atoms with van der Waals surface area (Å²) in [4.78, 5) is 11.8. The van der Waals surface area contributed by atoms with E-state index in [2.05, 4.69) is 24.7 Å². The topological polar surface area (TPSA) is 82.8 Å². The van der Waals surface area contributed by atoms with Gasteiger partial charge in [0, 0.05) is 25.5 Å². The van der Waals surface area contributed by atoms with Crippen LogP contribution in [0.1, 0.15) is 43.7 Å². The molecule has 0 unspecified atom stereocenters. The average molecular weight is 450 g/mol. The van der Waals surface area contributed by atoms with Crippen molar-refractivity contribution in [2.45, 2.75) is 78.2 Å². The minimum absolute atomic E-state index is 0.0303. The van der Waals surface area contributed by atoms with Crippen LogP contribution in [0.25, 0.3) is 10.9 Å². The van der Waals surface area contributed by atoms with E-state index in [-0.39, 0.29) is 28.8 Å². The molecule has 0 amide bonds. The Balaban J connectivity index is 2.04. The zero-order chi connectivity index (χ0) is 23.4. The molecule has 0 spiro atoms. The zero-order valence-corrected chi connectivity index (χ0v) is 20.6. The van der Waals surface area contributed by atoms with Crippen LogP contribution in [0, 0.1) is 12.7 Å². The SMILES string of the molecule is Cc1cc(B2OC(C)(C)C(C)(C)O2)c(F)c2c1c(C(=O)O)nn2COCC[Si](C)(C)C. The third-order valence-electron chi connectivity index (χ3n) is 6.10. The normalized spacial score (nSPS) is 18.2. The van der Waals surface area contributed by atoms with Crippen LogP contribution in [0.4, 0.5) is 4.39 Å². The molecule has 2 heterocycles. The van der Waals surface area contributed by atoms with E-state index < -0.39 is 38.2 Å². The summed E-state index contributed by atoms with van der Waals surface area (Å²) in [7, 11) is -2.20. The Bertz CT molecular complexity index is 1000. The van der Waals surface area contributed by atoms with Crippen LogP contribution in [-0.4, -0.2) is 53.9 Å². The number of aryl methyl sites for hydroxylation is 1. The molecule has 0 aliphatic carbocycles. The third-order valence-corrected chi connectivity index (χ3v) is 7.80. The van der Waals surface area contributed by atoms with Crippen LogP contribution < -0.4 is 5.46 Å². The largest absolute Gasteiger partial charge is 0.497 e. The van der Waals surface area contributed by atoms with Gasteiger partial charge >= 0.3 is 13.1 Å². The molecule has 0 radical (unpaired) electrons. The molecule has 0 atom stereocenters. The van der Waals surface area contributed by atoms with Crippen molar-refractivity contribution in [1.82, 2.24) is 9.78 Å². The van der Waals surface area contributed by atoms with Crippen molar-refractivity contribution in [1.29, 1.82) is 0 Å². The highest BCUT2D eigenvalue weighted by atomic mass is 28.3. The van der Waals surface area contributed by atoms with Gasteiger partial charge in [0.15, 0.2) is 5.69 Å². The van der Waals surface area contributed by atoms with Gasteiger partial charge in [-0.15, -0.1) is 0 Å². The van der Waals surface area contributed by atoms with Gasteiger partial charge in [-0.3, -0.25) is 0 Å². The van der Waals surface area contributed by atoms with Crippen LogP contribution in [0.2, 0.25) is 25.7 Å². The Kier molecular flexibility index (Phi) is 6.16. The first-order chi connectivity index (χ1) is 14.1. The molecule has 0 bridgehead atoms. The van der Waals surface area contributed by atoms with Gasteiger partial charge in [-0.05, 0) is 46.2 Å². The predicted octanol–water partition coefficient (Wildman–Crippen LogP) is 3.79. The van der Waals surface area contributed by atoms with Crippen molar-refractivity contribution in [3.63, 3.8) is 0 Å². The Morgan fingerprint density at radius 1 is 1.26 bits per heavy atom. The molecule has 1 aromatic heterocycles. The van der Waals surface area contributed by atoms with Gasteiger partial charge in [0.2, 0.25) is 0 Å². The van der Waals surface area contributed by atoms with Gasteiger partial charge in [0.05, 0.1) is 11.2 Å². The smallest absolute Gasteiger partial charge is 0.476 e. The molecular weight excluding hydrogens is 418 g/mol. The van der Waals surface area contributed by atoms with Crippen molar-refractivity contribution < 1.29 is 28.3 Å². The number of fused-ring (bicyclic) bond motifs is 1. The summed E-state index contributed by atoms with van der Waals surface area (Å²) in [6.07, 6.45) is 0. The molecule has 170 valence electrons. The minimum Gasteiger partial charge on any atom is -0.476 e. The van der Waals surface area contributed by atoms with Gasteiger partial charge in [-0.1, -0.05) is 25.7 Å². The molecule has 10 heteroatoms. The van der Waals surface area contributed by atoms with Crippen LogP contribution >= 0.6 is 0 Å². The summed E-state index contributed by atoms with van der Waals surface area (Å²) in [6.45, 7) is 16.5. The predicted molar refractivity (Wildman–Crippen MR) is 121 cm³/mol. The zero-order valence-electron chi connectivity index (χ0n) is 19.6. The lowest BCUT2D eigenvalue weighted by molar-refractivity contribution is 0.00578. The van der Waals surface area contributed by atoms with Crippen molar-refractivity contribution in [3.05, 3.63) is 23.1 Å². The summed E-state index contributed by atoms with van der Waals surface area (Å²) in [6, 6.07) is 2.53. The van der Waals surface area contributed by atoms with E-state index in [0.717, 1.165) is 6.04 Å². The fraction of sp³-hybridized carbons (Fsp3) is 0.619. The highest BCUT2D eigenvalue weighted by Crippen LogP contribution is 2.37. The maximum atomic E-state index is 15.8. The van der Waals surface area contributed by atoms with Gasteiger partial charge in [-0.25, -0.2) is 13.9 Å². The molecule has 3 rings (SSSR count). The summed E-state index contributed by atoms with van der Waals surface area (Å²) in [5.41, 5.74) is -0.537. The number of aromatic nitrogens is 2. The molecule has 1 aromatic carbocycles. The number of aromatic carboxylic acids is 1. The molecule has 1 fully saturated rings. The number of halogens is 1. The fourth-order valence-corrected chi connectivity index (χ4v) is 4.23. The van der Waals surface area contributed by atoms with Crippen molar-refractivity contribution in [3.8, 4) is 0 Å². The summed E-state index contributed by atoms with van der Waals surface area (Å²) >= 11 is 0. The maximum Gasteiger partial charge on any atom is 0.497 e. The number of hydrogen-bond donors (Lipinski definition) is 1. The van der Waals surface area contributed by atoms with Crippen LogP contribution in [0.3, 0.4) is 0 Å². The first-order valence-corrected chi connectivity index (χ1v) is 14.2. The van der Waals surface area contributed by atoms with Gasteiger partial charge in [0.1, 0.15) is 18.1 Å². The number of carboxylic acid groups (broad SMARTS) is 1. The van der Waals surface area contributed by atoms with E-state index >= 15 is 4.39 Å². The van der Waals surface area contributed by atoms with Gasteiger partial charge in [-0.2, -0.15) is 5.10 Å². The highest BCUT2D eigenvalue weighted by Gasteiger charge is 2.52. The van der Waals surface area contributed by atoms with E-state index in [4.69, 9.17) is 14.0 Å². The molecule has 1 saturated heterocycles. The van der Waals surface area contributed by atoms with Crippen LogP contribution in [0.15, 0.2) is 6.07 Å². The number of carbonyl (C=O) groups is 1. The number of benzene rings is 1. The van der Waals surface area contributed by atoms with Crippen molar-refractivity contribution >= 4 is 37.5 Å². The second-order valence-corrected chi connectivity index (χ2v) is 16.0. The Hall–Kier alpha value is -1.75. The van der Waals surface area contributed by atoms with Gasteiger partial charge in [0.25, 0.3) is 0 Å². The Morgan fingerprint density at radius 2 is 1.84 bits per heavy atom. The molecule has 1 aliphatic heterocycles. The fourth-order valence-electron chi connectivity index (χ4n) is 3.48. The molecule has 1 aliphatic rings. The number of hydrogen-bond acceptors (Lipinski definition) is 5. The molecule has 31 heavy (non-hydrogen) atoms. The quantitative estimate of drug-likeness (QED) is 0.511. The van der Waals surface area contributed by atoms with Crippen molar-refractivity contribution in [2.75, 3.05) is 6.61 Å². The van der Waals surface area contributed by atoms with E-state index in [1.807, 2.05) is 27.7 Å². The second kappa shape index (κ2) is 7.99. The third kappa shape index (κ3) is 4.57. The van der Waals surface area contributed by atoms with Crippen LogP contribution in [-0.2, 0) is 20.8 Å². The Morgan fingerprint density at radius 3 is 2.35 bits per heavy atom. The van der Waals surface area contributed by atoms with E-state index in [9.17, 15) is 9.90 Å². The molecule has 0 saturated carbocycles.